The Balaban J connectivity index is 3.46. The Labute approximate surface area is 66.0 Å². The summed E-state index contributed by atoms with van der Waals surface area (Å²) >= 11 is 0. The fourth-order valence-corrected chi connectivity index (χ4v) is 0.453. The Bertz CT molecular complexity index is 150. The van der Waals surface area contributed by atoms with Crippen LogP contribution >= 0.6 is 0 Å². The maximum atomic E-state index is 10.7. The van der Waals surface area contributed by atoms with E-state index in [1.807, 2.05) is 0 Å². The highest BCUT2D eigenvalue weighted by atomic mass is 16.6. The number of nitrogens with two attached hydrogens (primary N) is 1. The molecule has 0 radical (unpaired) electrons. The molecule has 0 unspecified atom stereocenters. The molecule has 0 atom stereocenters. The second-order valence-electron chi connectivity index (χ2n) is 2.05. The van der Waals surface area contributed by atoms with Crippen molar-refractivity contribution >= 4 is 5.97 Å². The largest absolute Gasteiger partial charge is 0.460 e. The Hall–Kier alpha value is -1.03. The van der Waals surface area contributed by atoms with E-state index in [9.17, 15) is 4.79 Å². The third kappa shape index (κ3) is 6.86. The smallest absolute Gasteiger partial charge is 0.332 e. The van der Waals surface area contributed by atoms with Gasteiger partial charge in [0.1, 0.15) is 6.61 Å². The Morgan fingerprint density at radius 3 is 2.64 bits per heavy atom. The predicted molar refractivity (Wildman–Crippen MR) is 40.8 cm³/mol. The third-order valence-electron chi connectivity index (χ3n) is 0.877. The van der Waals surface area contributed by atoms with Crippen molar-refractivity contribution in [3.63, 3.8) is 0 Å². The molecule has 0 heterocycles. The number of allylic oxidation sites excluding steroid dienone is 1. The van der Waals surface area contributed by atoms with Crippen LogP contribution in [0.2, 0.25) is 0 Å². The molecular formula is C7H13NO3. The molecule has 0 bridgehead atoms. The first kappa shape index (κ1) is 9.97. The molecular weight excluding hydrogens is 146 g/mol. The van der Waals surface area contributed by atoms with E-state index in [0.717, 1.165) is 0 Å². The van der Waals surface area contributed by atoms with E-state index in [2.05, 4.69) is 9.47 Å². The minimum absolute atomic E-state index is 0.263. The summed E-state index contributed by atoms with van der Waals surface area (Å²) in [4.78, 5) is 10.7. The number of ether oxygens (including phenoxy) is 2. The number of carbonyl (C=O) groups excluding carboxylic acids is 1. The number of esters is 1. The van der Waals surface area contributed by atoms with Gasteiger partial charge in [-0.3, -0.25) is 0 Å². The van der Waals surface area contributed by atoms with E-state index < -0.39 is 5.97 Å². The molecule has 0 aromatic rings. The summed E-state index contributed by atoms with van der Waals surface area (Å²) in [5, 5.41) is 0. The lowest BCUT2D eigenvalue weighted by Crippen LogP contribution is -2.08. The molecule has 0 aromatic carbocycles. The first-order valence-electron chi connectivity index (χ1n) is 3.26. The number of rotatable bonds is 4. The van der Waals surface area contributed by atoms with Crippen LogP contribution in [0.5, 0.6) is 0 Å². The summed E-state index contributed by atoms with van der Waals surface area (Å²) in [7, 11) is 1.54. The second-order valence-corrected chi connectivity index (χ2v) is 2.05. The van der Waals surface area contributed by atoms with E-state index in [1.165, 1.54) is 13.2 Å². The van der Waals surface area contributed by atoms with Crippen LogP contribution in [0, 0.1) is 0 Å². The highest BCUT2D eigenvalue weighted by Gasteiger charge is 1.95. The van der Waals surface area contributed by atoms with Gasteiger partial charge in [-0.05, 0) is 6.92 Å². The number of methoxy groups -OCH3 is 1. The molecule has 0 fully saturated rings. The van der Waals surface area contributed by atoms with Gasteiger partial charge >= 0.3 is 5.97 Å². The van der Waals surface area contributed by atoms with E-state index in [1.54, 1.807) is 6.92 Å². The van der Waals surface area contributed by atoms with Crippen LogP contribution in [0.4, 0.5) is 0 Å². The molecule has 0 saturated carbocycles. The summed E-state index contributed by atoms with van der Waals surface area (Å²) in [5.41, 5.74) is 5.66. The van der Waals surface area contributed by atoms with E-state index in [0.29, 0.717) is 12.3 Å². The standard InChI is InChI=1S/C7H13NO3/c1-6(8)5-7(9)11-4-3-10-2/h5H,3-4,8H2,1-2H3/b6-5-. The van der Waals surface area contributed by atoms with Crippen LogP contribution in [0.3, 0.4) is 0 Å². The minimum atomic E-state index is -0.429. The maximum absolute atomic E-state index is 10.7. The van der Waals surface area contributed by atoms with Gasteiger partial charge in [-0.25, -0.2) is 4.79 Å². The lowest BCUT2D eigenvalue weighted by atomic mass is 10.4. The maximum Gasteiger partial charge on any atom is 0.332 e. The first-order valence-corrected chi connectivity index (χ1v) is 3.26. The Kier molecular flexibility index (Phi) is 5.20. The molecule has 4 heteroatoms. The first-order chi connectivity index (χ1) is 5.16. The lowest BCUT2D eigenvalue weighted by molar-refractivity contribution is -0.139. The molecule has 0 saturated heterocycles. The molecule has 0 aromatic heterocycles. The van der Waals surface area contributed by atoms with Crippen LogP contribution in [0.15, 0.2) is 11.8 Å². The lowest BCUT2D eigenvalue weighted by Gasteiger charge is -1.99. The van der Waals surface area contributed by atoms with Crippen LogP contribution in [-0.2, 0) is 14.3 Å². The third-order valence-corrected chi connectivity index (χ3v) is 0.877. The minimum Gasteiger partial charge on any atom is -0.460 e. The number of carbonyl (C=O) groups is 1. The van der Waals surface area contributed by atoms with Gasteiger partial charge < -0.3 is 15.2 Å². The molecule has 2 N–H and O–H groups in total. The average molecular weight is 159 g/mol. The zero-order valence-electron chi connectivity index (χ0n) is 6.79. The van der Waals surface area contributed by atoms with Gasteiger partial charge in [0.15, 0.2) is 0 Å². The summed E-state index contributed by atoms with van der Waals surface area (Å²) < 4.78 is 9.34. The van der Waals surface area contributed by atoms with Gasteiger partial charge in [0.25, 0.3) is 0 Å². The monoisotopic (exact) mass is 159 g/mol. The topological polar surface area (TPSA) is 61.5 Å². The molecule has 0 spiro atoms. The second kappa shape index (κ2) is 5.73. The average Bonchev–Trinajstić information content (AvgIpc) is 1.86. The molecule has 0 aliphatic rings. The zero-order valence-corrected chi connectivity index (χ0v) is 6.79. The zero-order chi connectivity index (χ0) is 8.69. The number of hydrogen-bond acceptors (Lipinski definition) is 4. The predicted octanol–water partition coefficient (Wildman–Crippen LogP) is 0.0385. The van der Waals surface area contributed by atoms with E-state index in [-0.39, 0.29) is 6.61 Å². The molecule has 64 valence electrons. The summed E-state index contributed by atoms with van der Waals surface area (Å²) in [6, 6.07) is 0. The molecule has 4 nitrogen and oxygen atoms in total. The van der Waals surface area contributed by atoms with Gasteiger partial charge in [-0.15, -0.1) is 0 Å². The van der Waals surface area contributed by atoms with Gasteiger partial charge in [-0.1, -0.05) is 0 Å². The van der Waals surface area contributed by atoms with Crippen molar-refractivity contribution in [2.24, 2.45) is 5.73 Å². The quantitative estimate of drug-likeness (QED) is 0.357. The van der Waals surface area contributed by atoms with Crippen LogP contribution in [0.1, 0.15) is 6.92 Å². The fourth-order valence-electron chi connectivity index (χ4n) is 0.453. The molecule has 0 aliphatic carbocycles. The van der Waals surface area contributed by atoms with Crippen molar-refractivity contribution in [1.29, 1.82) is 0 Å². The fraction of sp³-hybridized carbons (Fsp3) is 0.571. The van der Waals surface area contributed by atoms with Gasteiger partial charge in [0.05, 0.1) is 6.61 Å². The Morgan fingerprint density at radius 1 is 1.55 bits per heavy atom. The Morgan fingerprint density at radius 2 is 2.18 bits per heavy atom. The van der Waals surface area contributed by atoms with Crippen molar-refractivity contribution in [2.45, 2.75) is 6.92 Å². The normalized spacial score (nSPS) is 11.3. The van der Waals surface area contributed by atoms with Crippen LogP contribution in [-0.4, -0.2) is 26.3 Å². The number of hydrogen-bond donors (Lipinski definition) is 1. The highest BCUT2D eigenvalue weighted by molar-refractivity contribution is 5.82. The van der Waals surface area contributed by atoms with Crippen LogP contribution in [0.25, 0.3) is 0 Å². The molecule has 11 heavy (non-hydrogen) atoms. The SMILES string of the molecule is COCCOC(=O)/C=C(/C)N. The van der Waals surface area contributed by atoms with Crippen molar-refractivity contribution in [1.82, 2.24) is 0 Å². The summed E-state index contributed by atoms with van der Waals surface area (Å²) in [6.07, 6.45) is 1.23. The van der Waals surface area contributed by atoms with Gasteiger partial charge in [0.2, 0.25) is 0 Å². The van der Waals surface area contributed by atoms with Crippen molar-refractivity contribution in [3.8, 4) is 0 Å². The molecule has 0 aliphatic heterocycles. The van der Waals surface area contributed by atoms with Crippen molar-refractivity contribution in [3.05, 3.63) is 11.8 Å². The molecule has 0 amide bonds. The summed E-state index contributed by atoms with van der Waals surface area (Å²) in [6.45, 7) is 2.29. The summed E-state index contributed by atoms with van der Waals surface area (Å²) in [5.74, 6) is -0.429. The highest BCUT2D eigenvalue weighted by Crippen LogP contribution is 1.85. The van der Waals surface area contributed by atoms with Crippen LogP contribution < -0.4 is 5.73 Å². The van der Waals surface area contributed by atoms with Gasteiger partial charge in [-0.2, -0.15) is 0 Å². The van der Waals surface area contributed by atoms with Crippen molar-refractivity contribution < 1.29 is 14.3 Å². The van der Waals surface area contributed by atoms with E-state index in [4.69, 9.17) is 5.73 Å². The van der Waals surface area contributed by atoms with E-state index >= 15 is 0 Å². The molecule has 0 rings (SSSR count). The van der Waals surface area contributed by atoms with Crippen molar-refractivity contribution in [2.75, 3.05) is 20.3 Å². The van der Waals surface area contributed by atoms with Gasteiger partial charge in [0, 0.05) is 18.9 Å².